The lowest BCUT2D eigenvalue weighted by molar-refractivity contribution is 0.627. The molecule has 2 aromatic rings. The molecule has 2 N–H and O–H groups in total. The monoisotopic (exact) mass is 298 g/mol. The van der Waals surface area contributed by atoms with Crippen LogP contribution in [0.3, 0.4) is 0 Å². The molecule has 0 spiro atoms. The summed E-state index contributed by atoms with van der Waals surface area (Å²) in [4.78, 5) is 1.88. The van der Waals surface area contributed by atoms with E-state index in [4.69, 9.17) is 28.9 Å². The van der Waals surface area contributed by atoms with Crippen LogP contribution in [0, 0.1) is 5.82 Å². The van der Waals surface area contributed by atoms with Crippen LogP contribution in [0.2, 0.25) is 10.0 Å². The van der Waals surface area contributed by atoms with Crippen LogP contribution < -0.4 is 10.6 Å². The van der Waals surface area contributed by atoms with Gasteiger partial charge < -0.3 is 10.6 Å². The summed E-state index contributed by atoms with van der Waals surface area (Å²) in [5, 5.41) is 0.818. The van der Waals surface area contributed by atoms with Gasteiger partial charge in [-0.05, 0) is 37.3 Å². The van der Waals surface area contributed by atoms with Crippen LogP contribution in [0.5, 0.6) is 0 Å². The topological polar surface area (TPSA) is 29.3 Å². The van der Waals surface area contributed by atoms with E-state index in [9.17, 15) is 4.39 Å². The van der Waals surface area contributed by atoms with Crippen molar-refractivity contribution in [3.63, 3.8) is 0 Å². The van der Waals surface area contributed by atoms with Gasteiger partial charge in [0.1, 0.15) is 5.82 Å². The molecule has 0 unspecified atom stereocenters. The first-order chi connectivity index (χ1) is 9.02. The molecule has 2 aromatic carbocycles. The fourth-order valence-electron chi connectivity index (χ4n) is 1.92. The molecule has 0 saturated heterocycles. The molecule has 0 bridgehead atoms. The summed E-state index contributed by atoms with van der Waals surface area (Å²) in [6.45, 7) is 2.58. The molecule has 2 nitrogen and oxygen atoms in total. The molecule has 0 fully saturated rings. The molecule has 0 aliphatic rings. The van der Waals surface area contributed by atoms with Gasteiger partial charge in [-0.15, -0.1) is 0 Å². The standard InChI is InChI=1S/C14H13Cl2FN2/c1-2-19(10-5-3-4-9(17)6-10)14-8-12(16)11(15)7-13(14)18/h3-8H,2,18H2,1H3. The van der Waals surface area contributed by atoms with Gasteiger partial charge in [-0.25, -0.2) is 4.39 Å². The largest absolute Gasteiger partial charge is 0.397 e. The van der Waals surface area contributed by atoms with Crippen LogP contribution in [-0.4, -0.2) is 6.54 Å². The number of anilines is 3. The average Bonchev–Trinajstić information content (AvgIpc) is 2.36. The number of hydrogen-bond acceptors (Lipinski definition) is 2. The van der Waals surface area contributed by atoms with Crippen molar-refractivity contribution in [2.75, 3.05) is 17.2 Å². The molecule has 5 heteroatoms. The Labute approximate surface area is 121 Å². The summed E-state index contributed by atoms with van der Waals surface area (Å²) >= 11 is 11.9. The highest BCUT2D eigenvalue weighted by Crippen LogP contribution is 2.36. The van der Waals surface area contributed by atoms with Gasteiger partial charge in [0.15, 0.2) is 0 Å². The van der Waals surface area contributed by atoms with Gasteiger partial charge in [-0.3, -0.25) is 0 Å². The van der Waals surface area contributed by atoms with Crippen LogP contribution in [0.25, 0.3) is 0 Å². The highest BCUT2D eigenvalue weighted by Gasteiger charge is 2.13. The smallest absolute Gasteiger partial charge is 0.125 e. The summed E-state index contributed by atoms with van der Waals surface area (Å²) in [6.07, 6.45) is 0. The Balaban J connectivity index is 2.51. The Bertz CT molecular complexity index is 602. The molecule has 2 rings (SSSR count). The van der Waals surface area contributed by atoms with Gasteiger partial charge in [-0.2, -0.15) is 0 Å². The van der Waals surface area contributed by atoms with Crippen molar-refractivity contribution < 1.29 is 4.39 Å². The fraction of sp³-hybridized carbons (Fsp3) is 0.143. The third-order valence-electron chi connectivity index (χ3n) is 2.80. The normalized spacial score (nSPS) is 10.5. The lowest BCUT2D eigenvalue weighted by atomic mass is 10.2. The highest BCUT2D eigenvalue weighted by molar-refractivity contribution is 6.42. The third kappa shape index (κ3) is 2.94. The van der Waals surface area contributed by atoms with Gasteiger partial charge in [0.25, 0.3) is 0 Å². The van der Waals surface area contributed by atoms with Crippen LogP contribution in [0.4, 0.5) is 21.5 Å². The SMILES string of the molecule is CCN(c1cccc(F)c1)c1cc(Cl)c(Cl)cc1N. The van der Waals surface area contributed by atoms with Crippen molar-refractivity contribution in [1.29, 1.82) is 0 Å². The first-order valence-electron chi connectivity index (χ1n) is 5.80. The van der Waals surface area contributed by atoms with E-state index in [-0.39, 0.29) is 5.82 Å². The van der Waals surface area contributed by atoms with Gasteiger partial charge in [0.05, 0.1) is 21.4 Å². The zero-order chi connectivity index (χ0) is 14.0. The quantitative estimate of drug-likeness (QED) is 0.819. The van der Waals surface area contributed by atoms with Gasteiger partial charge >= 0.3 is 0 Å². The molecular weight excluding hydrogens is 286 g/mol. The summed E-state index contributed by atoms with van der Waals surface area (Å²) in [6, 6.07) is 9.60. The maximum atomic E-state index is 13.3. The second kappa shape index (κ2) is 5.68. The van der Waals surface area contributed by atoms with Gasteiger partial charge in [0.2, 0.25) is 0 Å². The fourth-order valence-corrected chi connectivity index (χ4v) is 2.25. The minimum atomic E-state index is -0.297. The third-order valence-corrected chi connectivity index (χ3v) is 3.52. The van der Waals surface area contributed by atoms with E-state index in [0.717, 1.165) is 0 Å². The van der Waals surface area contributed by atoms with E-state index in [1.54, 1.807) is 18.2 Å². The van der Waals surface area contributed by atoms with E-state index in [1.807, 2.05) is 17.9 Å². The Morgan fingerprint density at radius 3 is 2.47 bits per heavy atom. The van der Waals surface area contributed by atoms with Crippen molar-refractivity contribution >= 4 is 40.3 Å². The van der Waals surface area contributed by atoms with E-state index >= 15 is 0 Å². The first-order valence-corrected chi connectivity index (χ1v) is 6.56. The summed E-state index contributed by atoms with van der Waals surface area (Å²) < 4.78 is 13.3. The average molecular weight is 299 g/mol. The number of halogens is 3. The molecule has 0 aromatic heterocycles. The Hall–Kier alpha value is -1.45. The predicted molar refractivity (Wildman–Crippen MR) is 80.0 cm³/mol. The van der Waals surface area contributed by atoms with Crippen LogP contribution in [0.15, 0.2) is 36.4 Å². The number of benzene rings is 2. The maximum Gasteiger partial charge on any atom is 0.125 e. The Kier molecular flexibility index (Phi) is 4.17. The molecule has 0 aliphatic heterocycles. The zero-order valence-electron chi connectivity index (χ0n) is 10.3. The van der Waals surface area contributed by atoms with E-state index in [2.05, 4.69) is 0 Å². The second-order valence-corrected chi connectivity index (χ2v) is 4.86. The van der Waals surface area contributed by atoms with Crippen molar-refractivity contribution in [2.24, 2.45) is 0 Å². The number of nitrogens with zero attached hydrogens (tertiary/aromatic N) is 1. The van der Waals surface area contributed by atoms with E-state index in [0.29, 0.717) is 33.7 Å². The molecule has 100 valence electrons. The Morgan fingerprint density at radius 2 is 1.84 bits per heavy atom. The minimum Gasteiger partial charge on any atom is -0.397 e. The van der Waals surface area contributed by atoms with Crippen LogP contribution in [0.1, 0.15) is 6.92 Å². The maximum absolute atomic E-state index is 13.3. The molecule has 0 saturated carbocycles. The number of hydrogen-bond donors (Lipinski definition) is 1. The van der Waals surface area contributed by atoms with Crippen molar-refractivity contribution in [2.45, 2.75) is 6.92 Å². The molecule has 0 aliphatic carbocycles. The summed E-state index contributed by atoms with van der Waals surface area (Å²) in [7, 11) is 0. The number of rotatable bonds is 3. The summed E-state index contributed by atoms with van der Waals surface area (Å²) in [5.74, 6) is -0.297. The molecule has 19 heavy (non-hydrogen) atoms. The van der Waals surface area contributed by atoms with Crippen LogP contribution >= 0.6 is 23.2 Å². The van der Waals surface area contributed by atoms with E-state index < -0.39 is 0 Å². The second-order valence-electron chi connectivity index (χ2n) is 4.05. The van der Waals surface area contributed by atoms with E-state index in [1.165, 1.54) is 12.1 Å². The molecule has 0 radical (unpaired) electrons. The van der Waals surface area contributed by atoms with Gasteiger partial charge in [-0.1, -0.05) is 29.3 Å². The molecule has 0 heterocycles. The lowest BCUT2D eigenvalue weighted by Gasteiger charge is -2.25. The Morgan fingerprint density at radius 1 is 1.16 bits per heavy atom. The minimum absolute atomic E-state index is 0.297. The summed E-state index contributed by atoms with van der Waals surface area (Å²) in [5.41, 5.74) is 7.89. The predicted octanol–water partition coefficient (Wildman–Crippen LogP) is 4.87. The van der Waals surface area contributed by atoms with Crippen molar-refractivity contribution in [1.82, 2.24) is 0 Å². The lowest BCUT2D eigenvalue weighted by Crippen LogP contribution is -2.17. The molecular formula is C14H13Cl2FN2. The first kappa shape index (κ1) is 14.0. The highest BCUT2D eigenvalue weighted by atomic mass is 35.5. The van der Waals surface area contributed by atoms with Crippen molar-refractivity contribution in [3.8, 4) is 0 Å². The van der Waals surface area contributed by atoms with Gasteiger partial charge in [0, 0.05) is 12.2 Å². The number of nitrogens with two attached hydrogens (primary N) is 1. The van der Waals surface area contributed by atoms with Crippen molar-refractivity contribution in [3.05, 3.63) is 52.3 Å². The molecule has 0 atom stereocenters. The van der Waals surface area contributed by atoms with Crippen LogP contribution in [-0.2, 0) is 0 Å². The zero-order valence-corrected chi connectivity index (χ0v) is 11.8. The number of nitrogen functional groups attached to an aromatic ring is 1. The molecule has 0 amide bonds.